The van der Waals surface area contributed by atoms with Gasteiger partial charge >= 0.3 is 0 Å². The summed E-state index contributed by atoms with van der Waals surface area (Å²) in [4.78, 5) is 11.3. The summed E-state index contributed by atoms with van der Waals surface area (Å²) in [6, 6.07) is 5.11. The second kappa shape index (κ2) is 3.58. The fourth-order valence-electron chi connectivity index (χ4n) is 0.871. The summed E-state index contributed by atoms with van der Waals surface area (Å²) in [5.41, 5.74) is -0.276. The van der Waals surface area contributed by atoms with Crippen LogP contribution in [0.25, 0.3) is 0 Å². The summed E-state index contributed by atoms with van der Waals surface area (Å²) in [6.07, 6.45) is 1.55. The first-order valence-corrected chi connectivity index (χ1v) is 3.40. The van der Waals surface area contributed by atoms with Crippen LogP contribution >= 0.6 is 0 Å². The molecule has 4 nitrogen and oxygen atoms in total. The molecule has 0 aliphatic carbocycles. The molecule has 0 aliphatic rings. The van der Waals surface area contributed by atoms with Gasteiger partial charge in [-0.3, -0.25) is 9.36 Å². The van der Waals surface area contributed by atoms with Crippen molar-refractivity contribution in [2.45, 2.75) is 6.54 Å². The predicted molar refractivity (Wildman–Crippen MR) is 42.9 cm³/mol. The second-order valence-corrected chi connectivity index (χ2v) is 2.17. The molecule has 0 bridgehead atoms. The largest absolute Gasteiger partial charge is 0.491 e. The van der Waals surface area contributed by atoms with Crippen LogP contribution in [0.15, 0.2) is 23.1 Å². The number of rotatable bonds is 2. The van der Waals surface area contributed by atoms with Crippen molar-refractivity contribution < 1.29 is 4.74 Å². The molecule has 0 atom stereocenters. The Hall–Kier alpha value is -1.76. The van der Waals surface area contributed by atoms with E-state index < -0.39 is 0 Å². The lowest BCUT2D eigenvalue weighted by molar-refractivity contribution is 0.404. The molecule has 0 N–H and O–H groups in total. The van der Waals surface area contributed by atoms with Crippen LogP contribution in [0.3, 0.4) is 0 Å². The topological polar surface area (TPSA) is 55.0 Å². The number of hydrogen-bond acceptors (Lipinski definition) is 3. The zero-order chi connectivity index (χ0) is 8.97. The summed E-state index contributed by atoms with van der Waals surface area (Å²) < 4.78 is 6.08. The monoisotopic (exact) mass is 164 g/mol. The lowest BCUT2D eigenvalue weighted by Gasteiger charge is -2.01. The molecule has 12 heavy (non-hydrogen) atoms. The van der Waals surface area contributed by atoms with Gasteiger partial charge in [-0.1, -0.05) is 0 Å². The third-order valence-corrected chi connectivity index (χ3v) is 1.45. The van der Waals surface area contributed by atoms with Crippen LogP contribution in [-0.2, 0) is 6.54 Å². The van der Waals surface area contributed by atoms with E-state index in [-0.39, 0.29) is 17.9 Å². The highest BCUT2D eigenvalue weighted by atomic mass is 16.5. The standard InChI is InChI=1S/C8H8N2O2/c1-12-7-3-2-5-10(6-4-9)8(7)11/h2-3,5H,6H2,1H3. The Morgan fingerprint density at radius 1 is 1.75 bits per heavy atom. The molecule has 0 aromatic carbocycles. The molecular formula is C8H8N2O2. The molecule has 0 aliphatic heterocycles. The van der Waals surface area contributed by atoms with Gasteiger partial charge < -0.3 is 4.74 Å². The van der Waals surface area contributed by atoms with Gasteiger partial charge in [-0.05, 0) is 12.1 Å². The van der Waals surface area contributed by atoms with Crippen molar-refractivity contribution in [1.82, 2.24) is 4.57 Å². The van der Waals surface area contributed by atoms with Gasteiger partial charge in [0.25, 0.3) is 5.56 Å². The molecule has 0 saturated carbocycles. The normalized spacial score (nSPS) is 9.00. The van der Waals surface area contributed by atoms with E-state index in [1.165, 1.54) is 11.7 Å². The second-order valence-electron chi connectivity index (χ2n) is 2.17. The molecule has 4 heteroatoms. The van der Waals surface area contributed by atoms with Crippen molar-refractivity contribution in [3.05, 3.63) is 28.7 Å². The highest BCUT2D eigenvalue weighted by molar-refractivity contribution is 5.17. The van der Waals surface area contributed by atoms with Gasteiger partial charge in [0.15, 0.2) is 5.75 Å². The van der Waals surface area contributed by atoms with Crippen LogP contribution in [0.4, 0.5) is 0 Å². The highest BCUT2D eigenvalue weighted by Crippen LogP contribution is 1.99. The maximum atomic E-state index is 11.3. The van der Waals surface area contributed by atoms with Crippen LogP contribution in [0.5, 0.6) is 5.75 Å². The Labute approximate surface area is 69.6 Å². The summed E-state index contributed by atoms with van der Waals surface area (Å²) in [5.74, 6) is 0.257. The van der Waals surface area contributed by atoms with Crippen LogP contribution in [-0.4, -0.2) is 11.7 Å². The zero-order valence-electron chi connectivity index (χ0n) is 6.65. The summed E-state index contributed by atoms with van der Waals surface area (Å²) in [5, 5.41) is 8.36. The molecule has 0 unspecified atom stereocenters. The fraction of sp³-hybridized carbons (Fsp3) is 0.250. The fourth-order valence-corrected chi connectivity index (χ4v) is 0.871. The average molecular weight is 164 g/mol. The quantitative estimate of drug-likeness (QED) is 0.635. The van der Waals surface area contributed by atoms with Crippen molar-refractivity contribution >= 4 is 0 Å². The van der Waals surface area contributed by atoms with Gasteiger partial charge in [-0.2, -0.15) is 5.26 Å². The number of nitriles is 1. The number of methoxy groups -OCH3 is 1. The number of pyridine rings is 1. The van der Waals surface area contributed by atoms with Crippen LogP contribution < -0.4 is 10.3 Å². The molecule has 0 fully saturated rings. The Bertz CT molecular complexity index is 362. The number of ether oxygens (including phenoxy) is 1. The zero-order valence-corrected chi connectivity index (χ0v) is 6.65. The van der Waals surface area contributed by atoms with Gasteiger partial charge in [0.2, 0.25) is 0 Å². The first-order chi connectivity index (χ1) is 5.79. The Morgan fingerprint density at radius 3 is 3.08 bits per heavy atom. The van der Waals surface area contributed by atoms with E-state index in [0.29, 0.717) is 0 Å². The van der Waals surface area contributed by atoms with Gasteiger partial charge in [0, 0.05) is 6.20 Å². The van der Waals surface area contributed by atoms with Crippen molar-refractivity contribution in [2.75, 3.05) is 7.11 Å². The smallest absolute Gasteiger partial charge is 0.293 e. The van der Waals surface area contributed by atoms with Crippen molar-refractivity contribution in [1.29, 1.82) is 5.26 Å². The molecule has 0 radical (unpaired) electrons. The minimum atomic E-state index is -0.276. The SMILES string of the molecule is COc1cccn(CC#N)c1=O. The van der Waals surface area contributed by atoms with E-state index in [9.17, 15) is 4.79 Å². The van der Waals surface area contributed by atoms with Crippen LogP contribution in [0.1, 0.15) is 0 Å². The number of aromatic nitrogens is 1. The Morgan fingerprint density at radius 2 is 2.50 bits per heavy atom. The number of nitrogens with zero attached hydrogens (tertiary/aromatic N) is 2. The minimum absolute atomic E-state index is 0.0516. The van der Waals surface area contributed by atoms with Crippen LogP contribution in [0, 0.1) is 11.3 Å². The third kappa shape index (κ3) is 1.45. The lowest BCUT2D eigenvalue weighted by Crippen LogP contribution is -2.19. The Balaban J connectivity index is 3.16. The minimum Gasteiger partial charge on any atom is -0.491 e. The summed E-state index contributed by atoms with van der Waals surface area (Å²) >= 11 is 0. The first kappa shape index (κ1) is 8.34. The summed E-state index contributed by atoms with van der Waals surface area (Å²) in [6.45, 7) is 0.0516. The predicted octanol–water partition coefficient (Wildman–Crippen LogP) is 0.380. The average Bonchev–Trinajstić information content (AvgIpc) is 2.09. The van der Waals surface area contributed by atoms with Crippen molar-refractivity contribution in [3.63, 3.8) is 0 Å². The van der Waals surface area contributed by atoms with Crippen molar-refractivity contribution in [3.8, 4) is 11.8 Å². The molecule has 62 valence electrons. The molecule has 0 amide bonds. The first-order valence-electron chi connectivity index (χ1n) is 3.40. The molecule has 1 aromatic heterocycles. The molecule has 1 rings (SSSR count). The van der Waals surface area contributed by atoms with Crippen molar-refractivity contribution in [2.24, 2.45) is 0 Å². The van der Waals surface area contributed by atoms with E-state index in [4.69, 9.17) is 10.00 Å². The maximum absolute atomic E-state index is 11.3. The van der Waals surface area contributed by atoms with E-state index in [1.54, 1.807) is 18.3 Å². The number of hydrogen-bond donors (Lipinski definition) is 0. The van der Waals surface area contributed by atoms with E-state index in [0.717, 1.165) is 0 Å². The van der Waals surface area contributed by atoms with E-state index in [2.05, 4.69) is 0 Å². The van der Waals surface area contributed by atoms with E-state index in [1.807, 2.05) is 6.07 Å². The lowest BCUT2D eigenvalue weighted by atomic mass is 10.4. The van der Waals surface area contributed by atoms with Gasteiger partial charge in [-0.25, -0.2) is 0 Å². The molecule has 1 aromatic rings. The molecule has 0 saturated heterocycles. The molecular weight excluding hydrogens is 156 g/mol. The van der Waals surface area contributed by atoms with Gasteiger partial charge in [0.1, 0.15) is 6.54 Å². The highest BCUT2D eigenvalue weighted by Gasteiger charge is 2.00. The van der Waals surface area contributed by atoms with Gasteiger partial charge in [-0.15, -0.1) is 0 Å². The maximum Gasteiger partial charge on any atom is 0.293 e. The van der Waals surface area contributed by atoms with E-state index >= 15 is 0 Å². The third-order valence-electron chi connectivity index (χ3n) is 1.45. The summed E-state index contributed by atoms with van der Waals surface area (Å²) in [7, 11) is 1.42. The van der Waals surface area contributed by atoms with Crippen LogP contribution in [0.2, 0.25) is 0 Å². The van der Waals surface area contributed by atoms with Gasteiger partial charge in [0.05, 0.1) is 13.2 Å². The molecule has 0 spiro atoms. The molecule has 1 heterocycles. The Kier molecular flexibility index (Phi) is 2.49.